The number of rotatable bonds is 5. The van der Waals surface area contributed by atoms with Crippen LogP contribution in [0.25, 0.3) is 0 Å². The minimum atomic E-state index is -4.52. The quantitative estimate of drug-likeness (QED) is 0.609. The first kappa shape index (κ1) is 23.0. The van der Waals surface area contributed by atoms with Gasteiger partial charge in [0.25, 0.3) is 5.91 Å². The predicted molar refractivity (Wildman–Crippen MR) is 119 cm³/mol. The number of piperidine rings is 1. The lowest BCUT2D eigenvalue weighted by molar-refractivity contribution is -0.137. The van der Waals surface area contributed by atoms with E-state index in [0.717, 1.165) is 55.1 Å². The Kier molecular flexibility index (Phi) is 6.20. The van der Waals surface area contributed by atoms with Crippen molar-refractivity contribution in [2.24, 2.45) is 0 Å². The zero-order valence-electron chi connectivity index (χ0n) is 18.3. The zero-order chi connectivity index (χ0) is 23.1. The molecule has 4 rings (SSSR count). The minimum absolute atomic E-state index is 0.0710. The Morgan fingerprint density at radius 2 is 1.91 bits per heavy atom. The first-order valence-corrected chi connectivity index (χ1v) is 11.9. The lowest BCUT2D eigenvalue weighted by Crippen LogP contribution is -2.61. The summed E-state index contributed by atoms with van der Waals surface area (Å²) >= 11 is 1.10. The van der Waals surface area contributed by atoms with Crippen LogP contribution < -0.4 is 10.1 Å². The minimum Gasteiger partial charge on any atom is -0.496 e. The fourth-order valence-corrected chi connectivity index (χ4v) is 6.01. The van der Waals surface area contributed by atoms with Crippen LogP contribution in [0.15, 0.2) is 47.4 Å². The van der Waals surface area contributed by atoms with Crippen molar-refractivity contribution in [2.45, 2.75) is 54.4 Å². The van der Waals surface area contributed by atoms with Gasteiger partial charge < -0.3 is 10.1 Å². The van der Waals surface area contributed by atoms with Gasteiger partial charge in [0.05, 0.1) is 23.8 Å². The van der Waals surface area contributed by atoms with E-state index < -0.39 is 23.2 Å². The third-order valence-corrected chi connectivity index (χ3v) is 7.73. The molecule has 1 amide bonds. The fourth-order valence-electron chi connectivity index (χ4n) is 5.37. The van der Waals surface area contributed by atoms with E-state index >= 15 is 0 Å². The molecule has 4 nitrogen and oxygen atoms in total. The van der Waals surface area contributed by atoms with Gasteiger partial charge in [-0.1, -0.05) is 30.3 Å². The Morgan fingerprint density at radius 3 is 2.53 bits per heavy atom. The van der Waals surface area contributed by atoms with Crippen LogP contribution in [-0.2, 0) is 11.7 Å². The molecule has 3 atom stereocenters. The number of ether oxygens (including phenoxy) is 1. The van der Waals surface area contributed by atoms with Gasteiger partial charge in [0.1, 0.15) is 5.75 Å². The average molecular weight is 465 g/mol. The Morgan fingerprint density at radius 1 is 1.19 bits per heavy atom. The third kappa shape index (κ3) is 3.88. The number of fused-ring (bicyclic) bond motifs is 2. The van der Waals surface area contributed by atoms with E-state index in [1.54, 1.807) is 6.26 Å². The van der Waals surface area contributed by atoms with Crippen molar-refractivity contribution in [3.8, 4) is 5.75 Å². The Bertz CT molecular complexity index is 973. The SMILES string of the molecule is COc1cc(C(F)(F)F)cc(SC)c1C(=O)N[C@@]1(c2ccccc2)CC[C@@H]2CC[C@H]1N2C. The highest BCUT2D eigenvalue weighted by Crippen LogP contribution is 2.47. The van der Waals surface area contributed by atoms with Gasteiger partial charge in [-0.15, -0.1) is 11.8 Å². The van der Waals surface area contributed by atoms with Gasteiger partial charge in [-0.25, -0.2) is 0 Å². The highest BCUT2D eigenvalue weighted by Gasteiger charge is 2.52. The van der Waals surface area contributed by atoms with Crippen LogP contribution in [0.5, 0.6) is 5.75 Å². The molecular weight excluding hydrogens is 437 g/mol. The number of carbonyl (C=O) groups is 1. The van der Waals surface area contributed by atoms with Crippen LogP contribution in [0.1, 0.15) is 47.2 Å². The number of hydrogen-bond acceptors (Lipinski definition) is 4. The molecule has 1 N–H and O–H groups in total. The summed E-state index contributed by atoms with van der Waals surface area (Å²) < 4.78 is 45.4. The molecule has 0 spiro atoms. The first-order valence-electron chi connectivity index (χ1n) is 10.6. The zero-order valence-corrected chi connectivity index (χ0v) is 19.1. The molecule has 0 unspecified atom stereocenters. The highest BCUT2D eigenvalue weighted by atomic mass is 32.2. The molecule has 0 radical (unpaired) electrons. The van der Waals surface area contributed by atoms with Gasteiger partial charge in [-0.05, 0) is 56.7 Å². The molecule has 2 bridgehead atoms. The summed E-state index contributed by atoms with van der Waals surface area (Å²) in [4.78, 5) is 16.3. The van der Waals surface area contributed by atoms with Crippen molar-refractivity contribution in [3.05, 3.63) is 59.2 Å². The summed E-state index contributed by atoms with van der Waals surface area (Å²) in [6.45, 7) is 0. The third-order valence-electron chi connectivity index (χ3n) is 6.97. The molecule has 172 valence electrons. The standard InChI is InChI=1S/C24H27F3N2O2S/c1-29-17-9-10-20(29)23(12-11-17,15-7-5-4-6-8-15)28-22(30)21-18(31-2)13-16(24(25,26)27)14-19(21)32-3/h4-8,13-14,17,20H,9-12H2,1-3H3,(H,28,30)/t17-,20+,23+/m0/s1. The maximum Gasteiger partial charge on any atom is 0.416 e. The molecule has 32 heavy (non-hydrogen) atoms. The number of likely N-dealkylation sites (N-methyl/N-ethyl adjacent to an activating group) is 1. The molecule has 0 saturated carbocycles. The number of hydrogen-bond donors (Lipinski definition) is 1. The molecule has 2 heterocycles. The first-order chi connectivity index (χ1) is 15.2. The summed E-state index contributed by atoms with van der Waals surface area (Å²) in [5, 5.41) is 3.28. The number of thioether (sulfide) groups is 1. The van der Waals surface area contributed by atoms with Gasteiger partial charge >= 0.3 is 6.18 Å². The second kappa shape index (κ2) is 8.63. The molecule has 2 aromatic rings. The van der Waals surface area contributed by atoms with Crippen molar-refractivity contribution in [3.63, 3.8) is 0 Å². The number of carbonyl (C=O) groups excluding carboxylic acids is 1. The van der Waals surface area contributed by atoms with Gasteiger partial charge in [0.2, 0.25) is 0 Å². The van der Waals surface area contributed by atoms with Crippen molar-refractivity contribution in [2.75, 3.05) is 20.4 Å². The van der Waals surface area contributed by atoms with E-state index in [1.165, 1.54) is 7.11 Å². The van der Waals surface area contributed by atoms with Crippen LogP contribution in [-0.4, -0.2) is 43.3 Å². The lowest BCUT2D eigenvalue weighted by Gasteiger charge is -2.48. The molecular formula is C24H27F3N2O2S. The second-order valence-electron chi connectivity index (χ2n) is 8.50. The summed E-state index contributed by atoms with van der Waals surface area (Å²) in [5.74, 6) is -0.485. The van der Waals surface area contributed by atoms with Crippen LogP contribution >= 0.6 is 11.8 Å². The molecule has 8 heteroatoms. The number of halogens is 3. The average Bonchev–Trinajstić information content (AvgIpc) is 3.04. The van der Waals surface area contributed by atoms with Crippen molar-refractivity contribution in [1.82, 2.24) is 10.2 Å². The summed E-state index contributed by atoms with van der Waals surface area (Å²) in [6, 6.07) is 12.4. The number of nitrogens with zero attached hydrogens (tertiary/aromatic N) is 1. The van der Waals surface area contributed by atoms with Gasteiger partial charge in [-0.3, -0.25) is 9.69 Å². The Hall–Kier alpha value is -2.19. The predicted octanol–water partition coefficient (Wildman–Crippen LogP) is 5.32. The van der Waals surface area contributed by atoms with E-state index in [4.69, 9.17) is 4.74 Å². The summed E-state index contributed by atoms with van der Waals surface area (Å²) in [7, 11) is 3.39. The number of nitrogens with one attached hydrogen (secondary N) is 1. The largest absolute Gasteiger partial charge is 0.496 e. The summed E-state index contributed by atoms with van der Waals surface area (Å²) in [5.41, 5.74) is -0.291. The second-order valence-corrected chi connectivity index (χ2v) is 9.34. The normalized spacial score (nSPS) is 25.6. The number of benzene rings is 2. The van der Waals surface area contributed by atoms with Crippen LogP contribution in [0.4, 0.5) is 13.2 Å². The van der Waals surface area contributed by atoms with Gasteiger partial charge in [0, 0.05) is 17.0 Å². The van der Waals surface area contributed by atoms with Crippen molar-refractivity contribution >= 4 is 17.7 Å². The molecule has 0 aliphatic carbocycles. The van der Waals surface area contributed by atoms with Crippen molar-refractivity contribution < 1.29 is 22.7 Å². The van der Waals surface area contributed by atoms with Gasteiger partial charge in [0.15, 0.2) is 0 Å². The van der Waals surface area contributed by atoms with E-state index in [-0.39, 0.29) is 22.3 Å². The van der Waals surface area contributed by atoms with Crippen LogP contribution in [0, 0.1) is 0 Å². The number of methoxy groups -OCH3 is 1. The smallest absolute Gasteiger partial charge is 0.416 e. The molecule has 2 saturated heterocycles. The maximum atomic E-state index is 13.7. The molecule has 2 fully saturated rings. The monoisotopic (exact) mass is 464 g/mol. The van der Waals surface area contributed by atoms with Crippen LogP contribution in [0.2, 0.25) is 0 Å². The van der Waals surface area contributed by atoms with E-state index in [0.29, 0.717) is 6.04 Å². The maximum absolute atomic E-state index is 13.7. The Labute approximate surface area is 190 Å². The molecule has 2 aliphatic rings. The van der Waals surface area contributed by atoms with Gasteiger partial charge in [-0.2, -0.15) is 13.2 Å². The van der Waals surface area contributed by atoms with Crippen LogP contribution in [0.3, 0.4) is 0 Å². The molecule has 0 aromatic heterocycles. The van der Waals surface area contributed by atoms with E-state index in [1.807, 2.05) is 30.3 Å². The Balaban J connectivity index is 1.79. The molecule has 2 aliphatic heterocycles. The van der Waals surface area contributed by atoms with Crippen molar-refractivity contribution in [1.29, 1.82) is 0 Å². The highest BCUT2D eigenvalue weighted by molar-refractivity contribution is 7.98. The van der Waals surface area contributed by atoms with E-state index in [2.05, 4.69) is 17.3 Å². The number of alkyl halides is 3. The summed E-state index contributed by atoms with van der Waals surface area (Å²) in [6.07, 6.45) is 0.889. The molecule has 2 aromatic carbocycles. The fraction of sp³-hybridized carbons (Fsp3) is 0.458. The van der Waals surface area contributed by atoms with E-state index in [9.17, 15) is 18.0 Å². The number of amides is 1. The lowest BCUT2D eigenvalue weighted by atomic mass is 9.76. The topological polar surface area (TPSA) is 41.6 Å².